The standard InChI is InChI=1S/C20H23N5O4/c1-5-17-21-20(29-23-17)19-15-10-25(11-16(15)24(2)22-19)18(26)8-12-6-13(27-3)9-14(7-12)28-4/h6-7,9H,5,8,10-11H2,1-4H3. The Kier molecular flexibility index (Phi) is 4.96. The predicted octanol–water partition coefficient (Wildman–Crippen LogP) is 2.13. The van der Waals surface area contributed by atoms with Crippen LogP contribution in [0.25, 0.3) is 11.6 Å². The van der Waals surface area contributed by atoms with E-state index in [-0.39, 0.29) is 12.3 Å². The summed E-state index contributed by atoms with van der Waals surface area (Å²) in [6, 6.07) is 5.48. The van der Waals surface area contributed by atoms with Crippen LogP contribution in [0.4, 0.5) is 0 Å². The van der Waals surface area contributed by atoms with Gasteiger partial charge in [0.25, 0.3) is 5.89 Å². The van der Waals surface area contributed by atoms with E-state index < -0.39 is 0 Å². The first-order valence-electron chi connectivity index (χ1n) is 9.39. The molecule has 0 unspecified atom stereocenters. The molecule has 3 aromatic rings. The van der Waals surface area contributed by atoms with E-state index in [1.165, 1.54) is 0 Å². The smallest absolute Gasteiger partial charge is 0.278 e. The van der Waals surface area contributed by atoms with E-state index in [9.17, 15) is 4.79 Å². The second-order valence-electron chi connectivity index (χ2n) is 6.91. The van der Waals surface area contributed by atoms with Crippen LogP contribution >= 0.6 is 0 Å². The lowest BCUT2D eigenvalue weighted by Crippen LogP contribution is -2.27. The van der Waals surface area contributed by atoms with Crippen molar-refractivity contribution in [1.29, 1.82) is 0 Å². The van der Waals surface area contributed by atoms with Crippen LogP contribution in [-0.2, 0) is 37.8 Å². The van der Waals surface area contributed by atoms with Gasteiger partial charge in [0, 0.05) is 25.1 Å². The van der Waals surface area contributed by atoms with Gasteiger partial charge in [0.15, 0.2) is 11.5 Å². The molecule has 0 fully saturated rings. The number of hydrogen-bond donors (Lipinski definition) is 0. The molecule has 0 atom stereocenters. The molecule has 0 saturated heterocycles. The highest BCUT2D eigenvalue weighted by Gasteiger charge is 2.32. The Labute approximate surface area is 168 Å². The van der Waals surface area contributed by atoms with Gasteiger partial charge in [-0.05, 0) is 17.7 Å². The third-order valence-electron chi connectivity index (χ3n) is 5.07. The number of carbonyl (C=O) groups excluding carboxylic acids is 1. The number of fused-ring (bicyclic) bond motifs is 1. The van der Waals surface area contributed by atoms with E-state index >= 15 is 0 Å². The molecule has 0 N–H and O–H groups in total. The van der Waals surface area contributed by atoms with Crippen LogP contribution in [0.5, 0.6) is 11.5 Å². The number of rotatable bonds is 6. The Morgan fingerprint density at radius 2 is 1.90 bits per heavy atom. The van der Waals surface area contributed by atoms with E-state index in [0.29, 0.717) is 48.4 Å². The van der Waals surface area contributed by atoms with Gasteiger partial charge in [-0.25, -0.2) is 0 Å². The first-order chi connectivity index (χ1) is 14.0. The highest BCUT2D eigenvalue weighted by molar-refractivity contribution is 5.80. The zero-order valence-corrected chi connectivity index (χ0v) is 16.9. The molecule has 4 rings (SSSR count). The van der Waals surface area contributed by atoms with E-state index in [0.717, 1.165) is 16.8 Å². The number of hydrogen-bond acceptors (Lipinski definition) is 7. The maximum atomic E-state index is 13.0. The largest absolute Gasteiger partial charge is 0.497 e. The van der Waals surface area contributed by atoms with Crippen molar-refractivity contribution in [3.63, 3.8) is 0 Å². The molecule has 152 valence electrons. The lowest BCUT2D eigenvalue weighted by molar-refractivity contribution is -0.131. The normalized spacial score (nSPS) is 12.9. The highest BCUT2D eigenvalue weighted by Crippen LogP contribution is 2.32. The summed E-state index contributed by atoms with van der Waals surface area (Å²) in [5.74, 6) is 2.36. The summed E-state index contributed by atoms with van der Waals surface area (Å²) >= 11 is 0. The molecule has 29 heavy (non-hydrogen) atoms. The van der Waals surface area contributed by atoms with Crippen molar-refractivity contribution in [2.75, 3.05) is 14.2 Å². The topological polar surface area (TPSA) is 95.5 Å². The summed E-state index contributed by atoms with van der Waals surface area (Å²) in [6.07, 6.45) is 0.942. The number of nitrogens with zero attached hydrogens (tertiary/aromatic N) is 5. The molecule has 1 aliphatic rings. The number of ether oxygens (including phenoxy) is 2. The number of benzene rings is 1. The van der Waals surface area contributed by atoms with Gasteiger partial charge in [-0.3, -0.25) is 9.48 Å². The summed E-state index contributed by atoms with van der Waals surface area (Å²) in [5, 5.41) is 8.47. The first-order valence-corrected chi connectivity index (χ1v) is 9.39. The van der Waals surface area contributed by atoms with Crippen molar-refractivity contribution in [2.45, 2.75) is 32.9 Å². The average molecular weight is 397 g/mol. The van der Waals surface area contributed by atoms with E-state index in [4.69, 9.17) is 14.0 Å². The van der Waals surface area contributed by atoms with Crippen LogP contribution in [0.1, 0.15) is 29.6 Å². The minimum Gasteiger partial charge on any atom is -0.497 e. The van der Waals surface area contributed by atoms with Gasteiger partial charge >= 0.3 is 0 Å². The fourth-order valence-corrected chi connectivity index (χ4v) is 3.49. The molecule has 9 nitrogen and oxygen atoms in total. The molecule has 3 heterocycles. The second-order valence-corrected chi connectivity index (χ2v) is 6.91. The van der Waals surface area contributed by atoms with Crippen molar-refractivity contribution in [1.82, 2.24) is 24.8 Å². The second kappa shape index (κ2) is 7.57. The fourth-order valence-electron chi connectivity index (χ4n) is 3.49. The van der Waals surface area contributed by atoms with Crippen molar-refractivity contribution in [3.8, 4) is 23.1 Å². The summed E-state index contributed by atoms with van der Waals surface area (Å²) in [5.41, 5.74) is 3.42. The van der Waals surface area contributed by atoms with E-state index in [1.54, 1.807) is 29.9 Å². The molecule has 1 aliphatic heterocycles. The number of aromatic nitrogens is 4. The fraction of sp³-hybridized carbons (Fsp3) is 0.400. The molecule has 2 aromatic heterocycles. The Bertz CT molecular complexity index is 1030. The summed E-state index contributed by atoms with van der Waals surface area (Å²) < 4.78 is 17.7. The van der Waals surface area contributed by atoms with Crippen molar-refractivity contribution in [3.05, 3.63) is 40.8 Å². The zero-order chi connectivity index (χ0) is 20.5. The first kappa shape index (κ1) is 19.0. The van der Waals surface area contributed by atoms with E-state index in [2.05, 4.69) is 15.2 Å². The molecule has 1 aromatic carbocycles. The van der Waals surface area contributed by atoms with Crippen LogP contribution in [0, 0.1) is 0 Å². The van der Waals surface area contributed by atoms with Gasteiger partial charge < -0.3 is 18.9 Å². The highest BCUT2D eigenvalue weighted by atomic mass is 16.5. The van der Waals surface area contributed by atoms with Crippen LogP contribution in [-0.4, -0.2) is 44.9 Å². The lowest BCUT2D eigenvalue weighted by Gasteiger charge is -2.17. The van der Waals surface area contributed by atoms with Gasteiger partial charge in [0.2, 0.25) is 5.91 Å². The predicted molar refractivity (Wildman–Crippen MR) is 103 cm³/mol. The van der Waals surface area contributed by atoms with Crippen LogP contribution in [0.2, 0.25) is 0 Å². The number of methoxy groups -OCH3 is 2. The van der Waals surface area contributed by atoms with Gasteiger partial charge in [0.05, 0.1) is 39.4 Å². The SMILES string of the molecule is CCc1noc(-c2nn(C)c3c2CN(C(=O)Cc2cc(OC)cc(OC)c2)C3)n1. The van der Waals surface area contributed by atoms with Gasteiger partial charge in [-0.1, -0.05) is 12.1 Å². The van der Waals surface area contributed by atoms with Crippen molar-refractivity contribution in [2.24, 2.45) is 7.05 Å². The number of amides is 1. The van der Waals surface area contributed by atoms with Crippen LogP contribution in [0.3, 0.4) is 0 Å². The summed E-state index contributed by atoms with van der Waals surface area (Å²) in [4.78, 5) is 19.1. The summed E-state index contributed by atoms with van der Waals surface area (Å²) in [7, 11) is 5.04. The number of aryl methyl sites for hydroxylation is 2. The molecule has 0 saturated carbocycles. The van der Waals surface area contributed by atoms with Crippen LogP contribution in [0.15, 0.2) is 22.7 Å². The van der Waals surface area contributed by atoms with Crippen LogP contribution < -0.4 is 9.47 Å². The molecule has 9 heteroatoms. The molecular weight excluding hydrogens is 374 g/mol. The summed E-state index contributed by atoms with van der Waals surface area (Å²) in [6.45, 7) is 2.92. The Hall–Kier alpha value is -3.36. The van der Waals surface area contributed by atoms with Crippen molar-refractivity contribution < 1.29 is 18.8 Å². The van der Waals surface area contributed by atoms with Gasteiger partial charge in [-0.2, -0.15) is 10.1 Å². The maximum Gasteiger partial charge on any atom is 0.278 e. The molecule has 0 spiro atoms. The molecular formula is C20H23N5O4. The Morgan fingerprint density at radius 3 is 2.52 bits per heavy atom. The molecule has 1 amide bonds. The monoisotopic (exact) mass is 397 g/mol. The average Bonchev–Trinajstić information content (AvgIpc) is 3.44. The minimum atomic E-state index is 0.0160. The third-order valence-corrected chi connectivity index (χ3v) is 5.07. The molecule has 0 bridgehead atoms. The van der Waals surface area contributed by atoms with E-state index in [1.807, 2.05) is 26.1 Å². The third kappa shape index (κ3) is 3.55. The minimum absolute atomic E-state index is 0.0160. The Balaban J connectivity index is 1.54. The molecule has 0 radical (unpaired) electrons. The number of carbonyl (C=O) groups is 1. The maximum absolute atomic E-state index is 13.0. The van der Waals surface area contributed by atoms with Crippen molar-refractivity contribution >= 4 is 5.91 Å². The van der Waals surface area contributed by atoms with Gasteiger partial charge in [-0.15, -0.1) is 0 Å². The Morgan fingerprint density at radius 1 is 1.17 bits per heavy atom. The lowest BCUT2D eigenvalue weighted by atomic mass is 10.1. The quantitative estimate of drug-likeness (QED) is 0.629. The van der Waals surface area contributed by atoms with Gasteiger partial charge in [0.1, 0.15) is 11.5 Å². The zero-order valence-electron chi connectivity index (χ0n) is 16.9. The molecule has 0 aliphatic carbocycles.